The van der Waals surface area contributed by atoms with E-state index in [1.807, 2.05) is 24.3 Å². The maximum atomic E-state index is 12.9. The van der Waals surface area contributed by atoms with E-state index in [-0.39, 0.29) is 10.9 Å². The lowest BCUT2D eigenvalue weighted by Gasteiger charge is -2.24. The van der Waals surface area contributed by atoms with Gasteiger partial charge in [0.1, 0.15) is 11.1 Å². The van der Waals surface area contributed by atoms with Crippen LogP contribution in [0.1, 0.15) is 26.9 Å². The number of hydrogen-bond donors (Lipinski definition) is 0. The first kappa shape index (κ1) is 17.7. The summed E-state index contributed by atoms with van der Waals surface area (Å²) in [6.07, 6.45) is -4.47. The zero-order valence-electron chi connectivity index (χ0n) is 13.4. The van der Waals surface area contributed by atoms with Crippen LogP contribution in [0.15, 0.2) is 48.5 Å². The molecule has 3 rings (SSSR count). The third-order valence-electron chi connectivity index (χ3n) is 3.97. The van der Waals surface area contributed by atoms with Crippen molar-refractivity contribution >= 4 is 17.7 Å². The lowest BCUT2D eigenvalue weighted by atomic mass is 10.1. The van der Waals surface area contributed by atoms with Crippen LogP contribution in [0.25, 0.3) is 0 Å². The molecular formula is C18H16F3NO2S. The first-order valence-electron chi connectivity index (χ1n) is 7.64. The first-order chi connectivity index (χ1) is 11.9. The van der Waals surface area contributed by atoms with Gasteiger partial charge in [-0.25, -0.2) is 0 Å². The highest BCUT2D eigenvalue weighted by atomic mass is 32.2. The molecule has 0 saturated carbocycles. The molecule has 0 unspecified atom stereocenters. The summed E-state index contributed by atoms with van der Waals surface area (Å²) in [5, 5.41) is -0.239. The van der Waals surface area contributed by atoms with Gasteiger partial charge in [-0.3, -0.25) is 4.79 Å². The number of alkyl halides is 3. The summed E-state index contributed by atoms with van der Waals surface area (Å²) < 4.78 is 43.9. The van der Waals surface area contributed by atoms with Crippen molar-refractivity contribution in [3.05, 3.63) is 65.2 Å². The van der Waals surface area contributed by atoms with Gasteiger partial charge in [0.25, 0.3) is 5.91 Å². The van der Waals surface area contributed by atoms with Crippen LogP contribution in [0.5, 0.6) is 5.75 Å². The number of amides is 1. The number of nitrogens with zero attached hydrogens (tertiary/aromatic N) is 1. The molecule has 1 aliphatic heterocycles. The number of methoxy groups -OCH3 is 1. The molecule has 1 saturated heterocycles. The molecule has 3 nitrogen and oxygen atoms in total. The number of carbonyl (C=O) groups is 1. The minimum atomic E-state index is -4.47. The van der Waals surface area contributed by atoms with Crippen LogP contribution in [-0.4, -0.2) is 30.2 Å². The Morgan fingerprint density at radius 1 is 1.20 bits per heavy atom. The summed E-state index contributed by atoms with van der Waals surface area (Å²) in [4.78, 5) is 14.4. The van der Waals surface area contributed by atoms with E-state index in [4.69, 9.17) is 4.74 Å². The molecule has 2 aromatic carbocycles. The molecule has 0 spiro atoms. The highest BCUT2D eigenvalue weighted by molar-refractivity contribution is 7.99. The number of halogens is 3. The first-order valence-corrected chi connectivity index (χ1v) is 8.69. The zero-order valence-corrected chi connectivity index (χ0v) is 14.2. The van der Waals surface area contributed by atoms with Crippen LogP contribution in [0, 0.1) is 0 Å². The Morgan fingerprint density at radius 3 is 2.68 bits per heavy atom. The van der Waals surface area contributed by atoms with E-state index < -0.39 is 17.6 Å². The summed E-state index contributed by atoms with van der Waals surface area (Å²) in [5.74, 6) is 1.01. The van der Waals surface area contributed by atoms with Crippen molar-refractivity contribution in [2.24, 2.45) is 0 Å². The van der Waals surface area contributed by atoms with Crippen molar-refractivity contribution in [2.45, 2.75) is 11.6 Å². The lowest BCUT2D eigenvalue weighted by Crippen LogP contribution is -2.30. The smallest absolute Gasteiger partial charge is 0.416 e. The minimum Gasteiger partial charge on any atom is -0.497 e. The van der Waals surface area contributed by atoms with E-state index in [1.165, 1.54) is 12.1 Å². The molecule has 1 fully saturated rings. The molecule has 2 aromatic rings. The van der Waals surface area contributed by atoms with E-state index in [0.717, 1.165) is 23.4 Å². The molecule has 0 aliphatic carbocycles. The topological polar surface area (TPSA) is 29.5 Å². The van der Waals surface area contributed by atoms with E-state index in [9.17, 15) is 18.0 Å². The van der Waals surface area contributed by atoms with E-state index in [0.29, 0.717) is 12.3 Å². The Labute approximate surface area is 147 Å². The van der Waals surface area contributed by atoms with Crippen LogP contribution in [0.2, 0.25) is 0 Å². The van der Waals surface area contributed by atoms with E-state index in [2.05, 4.69) is 0 Å². The molecule has 0 aromatic heterocycles. The van der Waals surface area contributed by atoms with Crippen LogP contribution < -0.4 is 4.74 Å². The molecule has 1 amide bonds. The third-order valence-corrected chi connectivity index (χ3v) is 5.23. The Morgan fingerprint density at radius 2 is 1.96 bits per heavy atom. The second kappa shape index (κ2) is 7.00. The number of thioether (sulfide) groups is 1. The molecule has 1 aliphatic rings. The predicted molar refractivity (Wildman–Crippen MR) is 90.7 cm³/mol. The highest BCUT2D eigenvalue weighted by Gasteiger charge is 2.34. The van der Waals surface area contributed by atoms with Gasteiger partial charge >= 0.3 is 6.18 Å². The van der Waals surface area contributed by atoms with Crippen LogP contribution >= 0.6 is 11.8 Å². The molecule has 0 radical (unpaired) electrons. The van der Waals surface area contributed by atoms with Crippen molar-refractivity contribution in [1.29, 1.82) is 0 Å². The fourth-order valence-electron chi connectivity index (χ4n) is 2.74. The molecule has 1 heterocycles. The quantitative estimate of drug-likeness (QED) is 0.794. The van der Waals surface area contributed by atoms with Crippen molar-refractivity contribution < 1.29 is 22.7 Å². The highest BCUT2D eigenvalue weighted by Crippen LogP contribution is 2.40. The van der Waals surface area contributed by atoms with Gasteiger partial charge in [0.2, 0.25) is 0 Å². The van der Waals surface area contributed by atoms with Gasteiger partial charge in [0, 0.05) is 17.9 Å². The second-order valence-electron chi connectivity index (χ2n) is 5.58. The number of ether oxygens (including phenoxy) is 1. The molecule has 7 heteroatoms. The van der Waals surface area contributed by atoms with Gasteiger partial charge in [0.05, 0.1) is 12.7 Å². The van der Waals surface area contributed by atoms with Crippen molar-refractivity contribution in [3.63, 3.8) is 0 Å². The van der Waals surface area contributed by atoms with Crippen LogP contribution in [0.4, 0.5) is 13.2 Å². The van der Waals surface area contributed by atoms with Gasteiger partial charge in [-0.15, -0.1) is 11.8 Å². The fourth-order valence-corrected chi connectivity index (χ4v) is 3.99. The van der Waals surface area contributed by atoms with Crippen LogP contribution in [0.3, 0.4) is 0 Å². The van der Waals surface area contributed by atoms with E-state index in [1.54, 1.807) is 23.8 Å². The largest absolute Gasteiger partial charge is 0.497 e. The lowest BCUT2D eigenvalue weighted by molar-refractivity contribution is -0.137. The Hall–Kier alpha value is -2.15. The maximum Gasteiger partial charge on any atom is 0.416 e. The third kappa shape index (κ3) is 3.76. The number of benzene rings is 2. The standard InChI is InChI=1S/C18H16F3NO2S/c1-24-15-7-3-5-13(11-15)17-22(8-9-25-17)16(23)12-4-2-6-14(10-12)18(19,20)21/h2-7,10-11,17H,8-9H2,1H3/t17-/m1/s1. The molecular weight excluding hydrogens is 351 g/mol. The van der Waals surface area contributed by atoms with Gasteiger partial charge < -0.3 is 9.64 Å². The molecule has 0 bridgehead atoms. The van der Waals surface area contributed by atoms with Gasteiger partial charge in [-0.05, 0) is 35.9 Å². The summed E-state index contributed by atoms with van der Waals surface area (Å²) >= 11 is 1.58. The number of carbonyl (C=O) groups excluding carboxylic acids is 1. The zero-order chi connectivity index (χ0) is 18.0. The Kier molecular flexibility index (Phi) is 4.94. The van der Waals surface area contributed by atoms with E-state index >= 15 is 0 Å². The normalized spacial score (nSPS) is 17.6. The summed E-state index contributed by atoms with van der Waals surface area (Å²) in [6.45, 7) is 0.488. The number of hydrogen-bond acceptors (Lipinski definition) is 3. The van der Waals surface area contributed by atoms with Gasteiger partial charge in [-0.2, -0.15) is 13.2 Å². The molecule has 25 heavy (non-hydrogen) atoms. The van der Waals surface area contributed by atoms with Crippen molar-refractivity contribution in [3.8, 4) is 5.75 Å². The molecule has 0 N–H and O–H groups in total. The molecule has 132 valence electrons. The van der Waals surface area contributed by atoms with Gasteiger partial charge in [-0.1, -0.05) is 18.2 Å². The minimum absolute atomic E-state index is 0.0465. The fraction of sp³-hybridized carbons (Fsp3) is 0.278. The SMILES string of the molecule is COc1cccc([C@H]2SCCN2C(=O)c2cccc(C(F)(F)F)c2)c1. The Balaban J connectivity index is 1.88. The maximum absolute atomic E-state index is 12.9. The average molecular weight is 367 g/mol. The predicted octanol–water partition coefficient (Wildman–Crippen LogP) is 4.60. The van der Waals surface area contributed by atoms with Crippen LogP contribution in [-0.2, 0) is 6.18 Å². The van der Waals surface area contributed by atoms with Crippen molar-refractivity contribution in [2.75, 3.05) is 19.4 Å². The van der Waals surface area contributed by atoms with Gasteiger partial charge in [0.15, 0.2) is 0 Å². The summed E-state index contributed by atoms with van der Waals surface area (Å²) in [7, 11) is 1.56. The summed E-state index contributed by atoms with van der Waals surface area (Å²) in [5.41, 5.74) is 0.121. The van der Waals surface area contributed by atoms with Crippen molar-refractivity contribution in [1.82, 2.24) is 4.90 Å². The summed E-state index contributed by atoms with van der Waals surface area (Å²) in [6, 6.07) is 11.9. The number of rotatable bonds is 3. The second-order valence-corrected chi connectivity index (χ2v) is 6.76. The Bertz CT molecular complexity index is 779. The molecule has 1 atom stereocenters. The monoisotopic (exact) mass is 367 g/mol. The average Bonchev–Trinajstić information content (AvgIpc) is 3.10.